The van der Waals surface area contributed by atoms with Crippen LogP contribution < -0.4 is 5.32 Å². The van der Waals surface area contributed by atoms with E-state index in [1.54, 1.807) is 29.3 Å². The third kappa shape index (κ3) is 5.18. The second kappa shape index (κ2) is 9.98. The highest BCUT2D eigenvalue weighted by molar-refractivity contribution is 8.15. The van der Waals surface area contributed by atoms with E-state index in [1.165, 1.54) is 48.5 Å². The van der Waals surface area contributed by atoms with Crippen molar-refractivity contribution in [3.05, 3.63) is 101 Å². The number of nitrogens with zero attached hydrogens (tertiary/aromatic N) is 3. The maximum atomic E-state index is 13.5. The van der Waals surface area contributed by atoms with E-state index in [2.05, 4.69) is 15.4 Å². The molecule has 0 aliphatic carbocycles. The fraction of sp³-hybridized carbons (Fsp3) is 0.154. The molecule has 5 rings (SSSR count). The SMILES string of the molecule is O=C(CC1SC(N2N=C(c3ccc(F)cc3)CC2c2ccc(F)cc2)=NC1=O)Nc1ccc(F)cc1. The number of hydrogen-bond acceptors (Lipinski definition) is 5. The van der Waals surface area contributed by atoms with Gasteiger partial charge in [-0.15, -0.1) is 0 Å². The van der Waals surface area contributed by atoms with Crippen LogP contribution in [0.25, 0.3) is 0 Å². The summed E-state index contributed by atoms with van der Waals surface area (Å²) in [5.41, 5.74) is 2.57. The van der Waals surface area contributed by atoms with Crippen molar-refractivity contribution < 1.29 is 22.8 Å². The number of hydrogen-bond donors (Lipinski definition) is 1. The van der Waals surface area contributed by atoms with Crippen molar-refractivity contribution in [3.63, 3.8) is 0 Å². The summed E-state index contributed by atoms with van der Waals surface area (Å²) in [4.78, 5) is 29.3. The van der Waals surface area contributed by atoms with Crippen LogP contribution in [0.1, 0.15) is 30.0 Å². The molecular weight excluding hydrogens is 489 g/mol. The zero-order chi connectivity index (χ0) is 25.2. The lowest BCUT2D eigenvalue weighted by atomic mass is 9.98. The van der Waals surface area contributed by atoms with Gasteiger partial charge >= 0.3 is 0 Å². The van der Waals surface area contributed by atoms with E-state index in [4.69, 9.17) is 0 Å². The van der Waals surface area contributed by atoms with Gasteiger partial charge in [0, 0.05) is 18.5 Å². The first kappa shape index (κ1) is 23.8. The van der Waals surface area contributed by atoms with Gasteiger partial charge in [0.05, 0.1) is 11.8 Å². The molecule has 182 valence electrons. The average molecular weight is 509 g/mol. The lowest BCUT2D eigenvalue weighted by molar-refractivity contribution is -0.121. The van der Waals surface area contributed by atoms with Crippen molar-refractivity contribution in [1.82, 2.24) is 5.01 Å². The molecule has 3 aromatic carbocycles. The van der Waals surface area contributed by atoms with Gasteiger partial charge in [-0.3, -0.25) is 9.59 Å². The first-order valence-corrected chi connectivity index (χ1v) is 12.0. The van der Waals surface area contributed by atoms with Gasteiger partial charge < -0.3 is 5.32 Å². The summed E-state index contributed by atoms with van der Waals surface area (Å²) in [7, 11) is 0. The van der Waals surface area contributed by atoms with Crippen molar-refractivity contribution >= 4 is 40.1 Å². The van der Waals surface area contributed by atoms with Crippen LogP contribution in [0.15, 0.2) is 82.9 Å². The summed E-state index contributed by atoms with van der Waals surface area (Å²) in [5, 5.41) is 8.49. The molecule has 1 N–H and O–H groups in total. The monoisotopic (exact) mass is 508 g/mol. The first-order chi connectivity index (χ1) is 17.4. The third-order valence-corrected chi connectivity index (χ3v) is 6.91. The molecule has 0 bridgehead atoms. The summed E-state index contributed by atoms with van der Waals surface area (Å²) < 4.78 is 40.1. The van der Waals surface area contributed by atoms with E-state index in [1.807, 2.05) is 0 Å². The number of benzene rings is 3. The molecule has 2 aliphatic heterocycles. The van der Waals surface area contributed by atoms with E-state index in [0.29, 0.717) is 23.0 Å². The van der Waals surface area contributed by atoms with Gasteiger partial charge in [0.2, 0.25) is 5.91 Å². The van der Waals surface area contributed by atoms with Crippen LogP contribution in [0.2, 0.25) is 0 Å². The van der Waals surface area contributed by atoms with E-state index in [9.17, 15) is 22.8 Å². The number of hydrazone groups is 1. The predicted molar refractivity (Wildman–Crippen MR) is 132 cm³/mol. The fourth-order valence-corrected chi connectivity index (χ4v) is 5.03. The van der Waals surface area contributed by atoms with E-state index >= 15 is 0 Å². The predicted octanol–water partition coefficient (Wildman–Crippen LogP) is 5.28. The molecule has 2 aliphatic rings. The van der Waals surface area contributed by atoms with Crippen molar-refractivity contribution in [2.75, 3.05) is 5.32 Å². The molecule has 0 fully saturated rings. The molecule has 10 heteroatoms. The van der Waals surface area contributed by atoms with Crippen molar-refractivity contribution in [1.29, 1.82) is 0 Å². The molecule has 2 unspecified atom stereocenters. The number of carbonyl (C=O) groups is 2. The normalized spacial score (nSPS) is 19.3. The van der Waals surface area contributed by atoms with E-state index < -0.39 is 22.9 Å². The largest absolute Gasteiger partial charge is 0.326 e. The highest BCUT2D eigenvalue weighted by Crippen LogP contribution is 2.38. The topological polar surface area (TPSA) is 74.1 Å². The van der Waals surface area contributed by atoms with E-state index in [-0.39, 0.29) is 24.1 Å². The van der Waals surface area contributed by atoms with Crippen LogP contribution in [0.3, 0.4) is 0 Å². The maximum absolute atomic E-state index is 13.5. The minimum Gasteiger partial charge on any atom is -0.326 e. The minimum absolute atomic E-state index is 0.128. The Bertz CT molecular complexity index is 1360. The molecule has 36 heavy (non-hydrogen) atoms. The number of nitrogens with one attached hydrogen (secondary N) is 1. The minimum atomic E-state index is -0.751. The second-order valence-corrected chi connectivity index (χ2v) is 9.44. The van der Waals surface area contributed by atoms with Crippen molar-refractivity contribution in [2.45, 2.75) is 24.1 Å². The Morgan fingerprint density at radius 2 is 1.50 bits per heavy atom. The Morgan fingerprint density at radius 1 is 0.917 bits per heavy atom. The van der Waals surface area contributed by atoms with Gasteiger partial charge in [0.15, 0.2) is 5.17 Å². The molecule has 6 nitrogen and oxygen atoms in total. The summed E-state index contributed by atoms with van der Waals surface area (Å²) in [6.45, 7) is 0. The van der Waals surface area contributed by atoms with Crippen LogP contribution >= 0.6 is 11.8 Å². The fourth-order valence-electron chi connectivity index (χ4n) is 3.97. The quantitative estimate of drug-likeness (QED) is 0.509. The standard InChI is InChI=1S/C26H19F3N4O2S/c27-17-5-1-15(2-6-17)21-13-22(16-3-7-18(28)8-4-16)33(32-21)26-31-25(35)23(36-26)14-24(34)30-20-11-9-19(29)10-12-20/h1-12,22-23H,13-14H2,(H,30,34). The van der Waals surface area contributed by atoms with Crippen LogP contribution in [0, 0.1) is 17.5 Å². The Labute approximate surface area is 208 Å². The number of amides is 2. The van der Waals surface area contributed by atoms with Crippen LogP contribution in [0.4, 0.5) is 18.9 Å². The number of halogens is 3. The Balaban J connectivity index is 1.35. The molecule has 0 spiro atoms. The zero-order valence-corrected chi connectivity index (χ0v) is 19.5. The Kier molecular flexibility index (Phi) is 6.60. The van der Waals surface area contributed by atoms with Gasteiger partial charge in [0.1, 0.15) is 22.7 Å². The third-order valence-electron chi connectivity index (χ3n) is 5.77. The summed E-state index contributed by atoms with van der Waals surface area (Å²) in [6.07, 6.45) is 0.304. The van der Waals surface area contributed by atoms with Crippen molar-refractivity contribution in [2.24, 2.45) is 10.1 Å². The number of rotatable bonds is 5. The highest BCUT2D eigenvalue weighted by atomic mass is 32.2. The Hall–Kier alpha value is -3.92. The number of anilines is 1. The molecule has 3 aromatic rings. The van der Waals surface area contributed by atoms with E-state index in [0.717, 1.165) is 22.9 Å². The lowest BCUT2D eigenvalue weighted by Crippen LogP contribution is -2.25. The number of aliphatic imine (C=N–C) groups is 1. The molecule has 0 saturated carbocycles. The van der Waals surface area contributed by atoms with Gasteiger partial charge in [-0.05, 0) is 59.7 Å². The van der Waals surface area contributed by atoms with Crippen LogP contribution in [-0.2, 0) is 9.59 Å². The summed E-state index contributed by atoms with van der Waals surface area (Å²) in [5.74, 6) is -2.04. The van der Waals surface area contributed by atoms with Crippen LogP contribution in [-0.4, -0.2) is 33.0 Å². The molecular formula is C26H19F3N4O2S. The molecule has 0 aromatic heterocycles. The molecule has 2 heterocycles. The molecule has 0 radical (unpaired) electrons. The van der Waals surface area contributed by atoms with Gasteiger partial charge in [-0.1, -0.05) is 36.0 Å². The number of thioether (sulfide) groups is 1. The average Bonchev–Trinajstić information content (AvgIpc) is 3.45. The van der Waals surface area contributed by atoms with Gasteiger partial charge in [0.25, 0.3) is 5.91 Å². The summed E-state index contributed by atoms with van der Waals surface area (Å²) >= 11 is 1.12. The number of carbonyl (C=O) groups excluding carboxylic acids is 2. The molecule has 0 saturated heterocycles. The van der Waals surface area contributed by atoms with Gasteiger partial charge in [-0.2, -0.15) is 10.1 Å². The zero-order valence-electron chi connectivity index (χ0n) is 18.7. The number of amidine groups is 1. The smallest absolute Gasteiger partial charge is 0.262 e. The summed E-state index contributed by atoms with van der Waals surface area (Å²) in [6, 6.07) is 16.9. The molecule has 2 atom stereocenters. The Morgan fingerprint density at radius 3 is 2.14 bits per heavy atom. The van der Waals surface area contributed by atoms with Gasteiger partial charge in [-0.25, -0.2) is 18.2 Å². The highest BCUT2D eigenvalue weighted by Gasteiger charge is 2.39. The first-order valence-electron chi connectivity index (χ1n) is 11.1. The molecule has 2 amide bonds. The lowest BCUT2D eigenvalue weighted by Gasteiger charge is -2.23. The van der Waals surface area contributed by atoms with Crippen LogP contribution in [0.5, 0.6) is 0 Å². The second-order valence-electron chi connectivity index (χ2n) is 8.27. The van der Waals surface area contributed by atoms with Crippen molar-refractivity contribution in [3.8, 4) is 0 Å². The maximum Gasteiger partial charge on any atom is 0.262 e.